The second-order valence-corrected chi connectivity index (χ2v) is 18.4. The molecule has 11 nitrogen and oxygen atoms in total. The van der Waals surface area contributed by atoms with Gasteiger partial charge < -0.3 is 28.4 Å². The van der Waals surface area contributed by atoms with E-state index in [-0.39, 0.29) is 71.0 Å². The van der Waals surface area contributed by atoms with Gasteiger partial charge >= 0.3 is 29.8 Å². The topological polar surface area (TPSA) is 141 Å². The van der Waals surface area contributed by atoms with Crippen LogP contribution in [0.5, 0.6) is 0 Å². The smallest absolute Gasteiger partial charge is 0.313 e. The maximum Gasteiger partial charge on any atom is 0.313 e. The molecule has 4 heterocycles. The molecule has 0 amide bonds. The van der Waals surface area contributed by atoms with E-state index >= 15 is 0 Å². The molecular weight excluding hydrogens is 692 g/mol. The molecule has 4 saturated heterocycles. The number of ether oxygens (including phenoxy) is 6. The molecule has 0 radical (unpaired) electrons. The minimum atomic E-state index is -0.810. The highest BCUT2D eigenvalue weighted by Gasteiger charge is 2.65. The number of esters is 5. The Morgan fingerprint density at radius 1 is 0.741 bits per heavy atom. The summed E-state index contributed by atoms with van der Waals surface area (Å²) in [7, 11) is 0. The molecule has 11 heteroatoms. The summed E-state index contributed by atoms with van der Waals surface area (Å²) in [5, 5.41) is 0. The fourth-order valence-electron chi connectivity index (χ4n) is 7.79. The third-order valence-electron chi connectivity index (χ3n) is 13.5. The number of fused-ring (bicyclic) bond motifs is 1. The van der Waals surface area contributed by atoms with Crippen LogP contribution in [0.1, 0.15) is 168 Å². The van der Waals surface area contributed by atoms with Crippen LogP contribution >= 0.6 is 0 Å². The van der Waals surface area contributed by atoms with Gasteiger partial charge in [0.1, 0.15) is 23.7 Å². The summed E-state index contributed by atoms with van der Waals surface area (Å²) in [5.41, 5.74) is -2.40. The van der Waals surface area contributed by atoms with E-state index < -0.39 is 28.6 Å². The van der Waals surface area contributed by atoms with Crippen LogP contribution in [0.3, 0.4) is 0 Å². The first-order valence-electron chi connectivity index (χ1n) is 20.8. The molecule has 1 saturated carbocycles. The molecule has 0 aromatic rings. The first-order chi connectivity index (χ1) is 25.0. The molecule has 0 aromatic heterocycles. The molecule has 1 aliphatic carbocycles. The molecule has 0 spiro atoms. The van der Waals surface area contributed by atoms with Crippen molar-refractivity contribution in [1.29, 1.82) is 0 Å². The molecule has 2 bridgehead atoms. The maximum atomic E-state index is 12.3. The largest absolute Gasteiger partial charge is 0.458 e. The standard InChI is InChI=1S/C15H26O4.C15H28O2.C13H18O5/c1-7-11-12(16)18-10(4)15(11,9-3)19-13(17)14(5,6)8-2;1-6-14(4,5)13(16)17-15(12(2)3)10-8-7-9-11-15;1-4-13(2,3)12(15)18-9-7-5-6-8(16-7)10(9)17-11(6)14/h10-11H,7-9H2,1-6H3;12H,6-11H2,1-5H3;6-10H,4-5H2,1-3H3. The van der Waals surface area contributed by atoms with Crippen molar-refractivity contribution < 1.29 is 52.4 Å². The molecule has 5 rings (SSSR count). The molecule has 4 aliphatic heterocycles. The predicted octanol–water partition coefficient (Wildman–Crippen LogP) is 8.46. The van der Waals surface area contributed by atoms with Crippen LogP contribution in [0.15, 0.2) is 0 Å². The van der Waals surface area contributed by atoms with E-state index in [1.807, 2.05) is 83.1 Å². The van der Waals surface area contributed by atoms with Crippen molar-refractivity contribution in [2.24, 2.45) is 34.0 Å². The van der Waals surface area contributed by atoms with Crippen LogP contribution in [0.2, 0.25) is 0 Å². The van der Waals surface area contributed by atoms with Gasteiger partial charge in [0.25, 0.3) is 0 Å². The van der Waals surface area contributed by atoms with Crippen molar-refractivity contribution in [1.82, 2.24) is 0 Å². The SMILES string of the molecule is CCC(C)(C)C(=O)OC1(C(C)C)CCCCC1.CCC(C)(C)C(=O)OC1C2CC3C(=O)OC1C3O2.CCC1C(=O)OC(C)C1(CC)OC(=O)C(C)(C)CC. The quantitative estimate of drug-likeness (QED) is 0.140. The second-order valence-electron chi connectivity index (χ2n) is 18.4. The zero-order valence-corrected chi connectivity index (χ0v) is 35.9. The Morgan fingerprint density at radius 2 is 1.26 bits per heavy atom. The first kappa shape index (κ1) is 45.7. The summed E-state index contributed by atoms with van der Waals surface area (Å²) in [5.74, 6) is -1.06. The van der Waals surface area contributed by atoms with Gasteiger partial charge in [0, 0.05) is 0 Å². The summed E-state index contributed by atoms with van der Waals surface area (Å²) < 4.78 is 33.5. The number of carbonyl (C=O) groups excluding carboxylic acids is 5. The van der Waals surface area contributed by atoms with Crippen LogP contribution < -0.4 is 0 Å². The van der Waals surface area contributed by atoms with Crippen molar-refractivity contribution in [3.63, 3.8) is 0 Å². The van der Waals surface area contributed by atoms with Gasteiger partial charge in [-0.05, 0) is 119 Å². The van der Waals surface area contributed by atoms with E-state index in [9.17, 15) is 24.0 Å². The molecular formula is C43H72O11. The van der Waals surface area contributed by atoms with Gasteiger partial charge in [-0.1, -0.05) is 54.9 Å². The lowest BCUT2D eigenvalue weighted by Gasteiger charge is -2.42. The summed E-state index contributed by atoms with van der Waals surface area (Å²) >= 11 is 0. The third kappa shape index (κ3) is 9.29. The van der Waals surface area contributed by atoms with Crippen molar-refractivity contribution >= 4 is 29.8 Å². The van der Waals surface area contributed by atoms with Gasteiger partial charge in [-0.15, -0.1) is 0 Å². The maximum absolute atomic E-state index is 12.3. The summed E-state index contributed by atoms with van der Waals surface area (Å²) in [4.78, 5) is 60.1. The van der Waals surface area contributed by atoms with Gasteiger partial charge in [0.15, 0.2) is 17.8 Å². The van der Waals surface area contributed by atoms with Gasteiger partial charge in [0.2, 0.25) is 0 Å². The highest BCUT2D eigenvalue weighted by Crippen LogP contribution is 2.48. The van der Waals surface area contributed by atoms with Crippen LogP contribution in [0.25, 0.3) is 0 Å². The fourth-order valence-corrected chi connectivity index (χ4v) is 7.79. The van der Waals surface area contributed by atoms with E-state index in [4.69, 9.17) is 28.4 Å². The minimum absolute atomic E-state index is 0.0180. The Hall–Kier alpha value is -2.69. The Morgan fingerprint density at radius 3 is 1.74 bits per heavy atom. The summed E-state index contributed by atoms with van der Waals surface area (Å²) in [6.45, 7) is 27.4. The molecule has 54 heavy (non-hydrogen) atoms. The Balaban J connectivity index is 0.000000218. The summed E-state index contributed by atoms with van der Waals surface area (Å²) in [6, 6.07) is 0. The molecule has 0 aromatic carbocycles. The van der Waals surface area contributed by atoms with Crippen molar-refractivity contribution in [2.45, 2.75) is 209 Å². The molecule has 5 fully saturated rings. The lowest BCUT2D eigenvalue weighted by atomic mass is 9.76. The highest BCUT2D eigenvalue weighted by molar-refractivity contribution is 5.81. The molecule has 0 N–H and O–H groups in total. The van der Waals surface area contributed by atoms with Crippen molar-refractivity contribution in [3.05, 3.63) is 0 Å². The zero-order valence-electron chi connectivity index (χ0n) is 35.9. The van der Waals surface area contributed by atoms with E-state index in [0.717, 1.165) is 19.3 Å². The molecule has 8 unspecified atom stereocenters. The normalized spacial score (nSPS) is 31.1. The Kier molecular flexibility index (Phi) is 14.9. The average molecular weight is 765 g/mol. The van der Waals surface area contributed by atoms with Crippen LogP contribution in [0.4, 0.5) is 0 Å². The van der Waals surface area contributed by atoms with E-state index in [1.165, 1.54) is 19.3 Å². The average Bonchev–Trinajstić information content (AvgIpc) is 3.83. The Labute approximate surface area is 325 Å². The number of carbonyl (C=O) groups is 5. The predicted molar refractivity (Wildman–Crippen MR) is 204 cm³/mol. The third-order valence-corrected chi connectivity index (χ3v) is 13.5. The fraction of sp³-hybridized carbons (Fsp3) is 0.884. The minimum Gasteiger partial charge on any atom is -0.458 e. The lowest BCUT2D eigenvalue weighted by molar-refractivity contribution is -0.181. The van der Waals surface area contributed by atoms with Gasteiger partial charge in [-0.25, -0.2) is 0 Å². The van der Waals surface area contributed by atoms with Crippen LogP contribution in [-0.2, 0) is 52.4 Å². The van der Waals surface area contributed by atoms with E-state index in [1.54, 1.807) is 0 Å². The highest BCUT2D eigenvalue weighted by atomic mass is 16.7. The van der Waals surface area contributed by atoms with E-state index in [2.05, 4.69) is 13.8 Å². The van der Waals surface area contributed by atoms with Gasteiger partial charge in [-0.2, -0.15) is 0 Å². The van der Waals surface area contributed by atoms with Gasteiger partial charge in [-0.3, -0.25) is 24.0 Å². The van der Waals surface area contributed by atoms with Crippen molar-refractivity contribution in [2.75, 3.05) is 0 Å². The van der Waals surface area contributed by atoms with Crippen molar-refractivity contribution in [3.8, 4) is 0 Å². The number of cyclic esters (lactones) is 1. The van der Waals surface area contributed by atoms with Gasteiger partial charge in [0.05, 0.1) is 28.3 Å². The first-order valence-corrected chi connectivity index (χ1v) is 20.8. The number of hydrogen-bond donors (Lipinski definition) is 0. The van der Waals surface area contributed by atoms with Crippen LogP contribution in [-0.4, -0.2) is 71.6 Å². The lowest BCUT2D eigenvalue weighted by Crippen LogP contribution is -2.48. The molecule has 5 aliphatic rings. The molecule has 310 valence electrons. The second kappa shape index (κ2) is 17.6. The Bertz CT molecular complexity index is 1340. The zero-order chi connectivity index (χ0) is 41.0. The monoisotopic (exact) mass is 765 g/mol. The van der Waals surface area contributed by atoms with Crippen LogP contribution in [0, 0.1) is 34.0 Å². The number of rotatable bonds is 12. The summed E-state index contributed by atoms with van der Waals surface area (Å²) in [6.07, 6.45) is 8.24. The molecule has 8 atom stereocenters. The van der Waals surface area contributed by atoms with E-state index in [0.29, 0.717) is 38.0 Å². The number of hydrogen-bond acceptors (Lipinski definition) is 11.